The van der Waals surface area contributed by atoms with Crippen molar-refractivity contribution < 1.29 is 5.11 Å². The van der Waals surface area contributed by atoms with Gasteiger partial charge in [0, 0.05) is 24.2 Å². The highest BCUT2D eigenvalue weighted by molar-refractivity contribution is 7.17. The van der Waals surface area contributed by atoms with Gasteiger partial charge in [0.1, 0.15) is 0 Å². The summed E-state index contributed by atoms with van der Waals surface area (Å²) in [7, 11) is 0. The van der Waals surface area contributed by atoms with Crippen molar-refractivity contribution in [3.8, 4) is 0 Å². The fraction of sp³-hybridized carbons (Fsp3) is 0.643. The molecule has 0 unspecified atom stereocenters. The van der Waals surface area contributed by atoms with Crippen molar-refractivity contribution in [2.24, 2.45) is 0 Å². The molecule has 0 atom stereocenters. The van der Waals surface area contributed by atoms with Gasteiger partial charge in [-0.1, -0.05) is 12.8 Å². The number of rotatable bonds is 4. The van der Waals surface area contributed by atoms with E-state index in [2.05, 4.69) is 34.7 Å². The predicted octanol–water partition coefficient (Wildman–Crippen LogP) is 2.41. The van der Waals surface area contributed by atoms with Crippen LogP contribution in [0.2, 0.25) is 0 Å². The summed E-state index contributed by atoms with van der Waals surface area (Å²) in [6, 6.07) is 0. The Kier molecular flexibility index (Phi) is 3.37. The van der Waals surface area contributed by atoms with E-state index in [9.17, 15) is 5.11 Å². The van der Waals surface area contributed by atoms with Crippen molar-refractivity contribution in [3.05, 3.63) is 22.5 Å². The van der Waals surface area contributed by atoms with Gasteiger partial charge in [-0.25, -0.2) is 4.98 Å². The van der Waals surface area contributed by atoms with Gasteiger partial charge in [0.15, 0.2) is 4.96 Å². The van der Waals surface area contributed by atoms with Crippen LogP contribution < -0.4 is 5.32 Å². The van der Waals surface area contributed by atoms with Gasteiger partial charge < -0.3 is 10.4 Å². The lowest BCUT2D eigenvalue weighted by Gasteiger charge is -2.22. The van der Waals surface area contributed by atoms with Crippen LogP contribution in [0, 0.1) is 13.8 Å². The standard InChI is InChI=1S/C14H21N3OS/c1-10-8-17-12(11(2)16-13(17)19-10)7-15-9-14(18)5-3-4-6-14/h8,15,18H,3-7,9H2,1-2H3. The third kappa shape index (κ3) is 2.55. The van der Waals surface area contributed by atoms with Crippen LogP contribution in [-0.2, 0) is 6.54 Å². The molecule has 0 saturated heterocycles. The van der Waals surface area contributed by atoms with E-state index in [-0.39, 0.29) is 0 Å². The smallest absolute Gasteiger partial charge is 0.194 e. The van der Waals surface area contributed by atoms with Gasteiger partial charge >= 0.3 is 0 Å². The largest absolute Gasteiger partial charge is 0.389 e. The first kappa shape index (κ1) is 13.1. The SMILES string of the molecule is Cc1cn2c(CNCC3(O)CCCC3)c(C)nc2s1. The molecule has 0 radical (unpaired) electrons. The molecule has 104 valence electrons. The van der Waals surface area contributed by atoms with E-state index in [1.165, 1.54) is 10.6 Å². The zero-order valence-electron chi connectivity index (χ0n) is 11.6. The summed E-state index contributed by atoms with van der Waals surface area (Å²) in [5, 5.41) is 13.7. The van der Waals surface area contributed by atoms with Gasteiger partial charge in [-0.2, -0.15) is 0 Å². The minimum atomic E-state index is -0.484. The average Bonchev–Trinajstić information content (AvgIpc) is 2.98. The number of imidazole rings is 1. The summed E-state index contributed by atoms with van der Waals surface area (Å²) in [6.07, 6.45) is 6.30. The van der Waals surface area contributed by atoms with Crippen molar-refractivity contribution in [2.45, 2.75) is 51.7 Å². The molecule has 0 amide bonds. The first-order chi connectivity index (χ1) is 9.07. The number of aliphatic hydroxyl groups is 1. The van der Waals surface area contributed by atoms with Gasteiger partial charge in [-0.15, -0.1) is 11.3 Å². The highest BCUT2D eigenvalue weighted by Gasteiger charge is 2.30. The molecule has 0 aliphatic heterocycles. The minimum absolute atomic E-state index is 0.484. The second-order valence-electron chi connectivity index (χ2n) is 5.67. The van der Waals surface area contributed by atoms with E-state index in [4.69, 9.17) is 0 Å². The van der Waals surface area contributed by atoms with E-state index in [0.29, 0.717) is 6.54 Å². The topological polar surface area (TPSA) is 49.6 Å². The fourth-order valence-corrected chi connectivity index (χ4v) is 3.84. The molecule has 1 saturated carbocycles. The molecule has 3 rings (SSSR count). The summed E-state index contributed by atoms with van der Waals surface area (Å²) in [5.74, 6) is 0. The monoisotopic (exact) mass is 279 g/mol. The first-order valence-corrected chi connectivity index (χ1v) is 7.76. The van der Waals surface area contributed by atoms with Crippen LogP contribution in [0.3, 0.4) is 0 Å². The Morgan fingerprint density at radius 1 is 1.42 bits per heavy atom. The van der Waals surface area contributed by atoms with Gasteiger partial charge in [0.2, 0.25) is 0 Å². The molecular formula is C14H21N3OS. The van der Waals surface area contributed by atoms with E-state index >= 15 is 0 Å². The van der Waals surface area contributed by atoms with E-state index < -0.39 is 5.60 Å². The van der Waals surface area contributed by atoms with E-state index in [1.54, 1.807) is 11.3 Å². The molecule has 0 spiro atoms. The Labute approximate surface area is 117 Å². The number of nitrogens with one attached hydrogen (secondary N) is 1. The van der Waals surface area contributed by atoms with Crippen molar-refractivity contribution in [2.75, 3.05) is 6.54 Å². The maximum absolute atomic E-state index is 10.3. The summed E-state index contributed by atoms with van der Waals surface area (Å²) in [4.78, 5) is 6.92. The van der Waals surface area contributed by atoms with Crippen LogP contribution >= 0.6 is 11.3 Å². The van der Waals surface area contributed by atoms with Gasteiger partial charge in [-0.05, 0) is 26.7 Å². The molecule has 5 heteroatoms. The second kappa shape index (κ2) is 4.89. The number of aryl methyl sites for hydroxylation is 2. The predicted molar refractivity (Wildman–Crippen MR) is 77.7 cm³/mol. The van der Waals surface area contributed by atoms with Crippen LogP contribution in [0.25, 0.3) is 4.96 Å². The van der Waals surface area contributed by atoms with Crippen LogP contribution in [0.4, 0.5) is 0 Å². The lowest BCUT2D eigenvalue weighted by molar-refractivity contribution is 0.0474. The highest BCUT2D eigenvalue weighted by Crippen LogP contribution is 2.28. The number of nitrogens with zero attached hydrogens (tertiary/aromatic N) is 2. The summed E-state index contributed by atoms with van der Waals surface area (Å²) < 4.78 is 2.17. The number of fused-ring (bicyclic) bond motifs is 1. The average molecular weight is 279 g/mol. The van der Waals surface area contributed by atoms with Crippen LogP contribution in [0.15, 0.2) is 6.20 Å². The van der Waals surface area contributed by atoms with E-state index in [1.807, 2.05) is 0 Å². The van der Waals surface area contributed by atoms with Gasteiger partial charge in [0.25, 0.3) is 0 Å². The first-order valence-electron chi connectivity index (χ1n) is 6.94. The third-order valence-corrected chi connectivity index (χ3v) is 4.92. The van der Waals surface area contributed by atoms with Crippen LogP contribution in [0.1, 0.15) is 41.9 Å². The fourth-order valence-electron chi connectivity index (χ4n) is 2.95. The zero-order valence-corrected chi connectivity index (χ0v) is 12.4. The molecule has 19 heavy (non-hydrogen) atoms. The number of thiazole rings is 1. The molecule has 1 aliphatic carbocycles. The Balaban J connectivity index is 1.69. The van der Waals surface area contributed by atoms with Gasteiger partial charge in [0.05, 0.1) is 17.0 Å². The summed E-state index contributed by atoms with van der Waals surface area (Å²) >= 11 is 1.72. The lowest BCUT2D eigenvalue weighted by Crippen LogP contribution is -2.37. The highest BCUT2D eigenvalue weighted by atomic mass is 32.1. The van der Waals surface area contributed by atoms with Crippen LogP contribution in [0.5, 0.6) is 0 Å². The quantitative estimate of drug-likeness (QED) is 0.903. The molecule has 2 heterocycles. The Hall–Kier alpha value is -0.910. The van der Waals surface area contributed by atoms with Crippen LogP contribution in [-0.4, -0.2) is 26.6 Å². The molecule has 2 aromatic rings. The Morgan fingerprint density at radius 3 is 2.89 bits per heavy atom. The Bertz CT molecular complexity index is 581. The van der Waals surface area contributed by atoms with E-state index in [0.717, 1.165) is 42.9 Å². The summed E-state index contributed by atoms with van der Waals surface area (Å²) in [5.41, 5.74) is 1.81. The normalized spacial score (nSPS) is 18.5. The maximum atomic E-state index is 10.3. The summed E-state index contributed by atoms with van der Waals surface area (Å²) in [6.45, 7) is 5.61. The molecular weight excluding hydrogens is 258 g/mol. The molecule has 2 aromatic heterocycles. The zero-order chi connectivity index (χ0) is 13.5. The lowest BCUT2D eigenvalue weighted by atomic mass is 10.0. The molecule has 4 nitrogen and oxygen atoms in total. The molecule has 0 aromatic carbocycles. The molecule has 2 N–H and O–H groups in total. The number of aromatic nitrogens is 2. The van der Waals surface area contributed by atoms with Crippen molar-refractivity contribution in [1.29, 1.82) is 0 Å². The van der Waals surface area contributed by atoms with Crippen molar-refractivity contribution in [3.63, 3.8) is 0 Å². The minimum Gasteiger partial charge on any atom is -0.389 e. The Morgan fingerprint density at radius 2 is 2.16 bits per heavy atom. The molecule has 0 bridgehead atoms. The third-order valence-electron chi connectivity index (χ3n) is 4.02. The van der Waals surface area contributed by atoms with Crippen molar-refractivity contribution >= 4 is 16.3 Å². The maximum Gasteiger partial charge on any atom is 0.194 e. The van der Waals surface area contributed by atoms with Crippen molar-refractivity contribution in [1.82, 2.24) is 14.7 Å². The number of hydrogen-bond donors (Lipinski definition) is 2. The van der Waals surface area contributed by atoms with Gasteiger partial charge in [-0.3, -0.25) is 4.40 Å². The second-order valence-corrected chi connectivity index (χ2v) is 6.89. The number of hydrogen-bond acceptors (Lipinski definition) is 4. The molecule has 1 fully saturated rings. The molecule has 1 aliphatic rings.